The van der Waals surface area contributed by atoms with E-state index in [1.165, 1.54) is 10.4 Å². The first-order valence-corrected chi connectivity index (χ1v) is 7.06. The van der Waals surface area contributed by atoms with Crippen molar-refractivity contribution in [3.8, 4) is 0 Å². The van der Waals surface area contributed by atoms with Gasteiger partial charge in [-0.2, -0.15) is 0 Å². The van der Waals surface area contributed by atoms with E-state index < -0.39 is 0 Å². The van der Waals surface area contributed by atoms with Gasteiger partial charge in [0.25, 0.3) is 0 Å². The second kappa shape index (κ2) is 6.20. The van der Waals surface area contributed by atoms with Crippen LogP contribution in [0.3, 0.4) is 0 Å². The van der Waals surface area contributed by atoms with Crippen LogP contribution in [-0.2, 0) is 19.5 Å². The largest absolute Gasteiger partial charge is 0.308 e. The number of hydrogen-bond acceptors (Lipinski definition) is 2. The van der Waals surface area contributed by atoms with Gasteiger partial charge in [0.15, 0.2) is 0 Å². The Morgan fingerprint density at radius 2 is 1.94 bits per heavy atom. The summed E-state index contributed by atoms with van der Waals surface area (Å²) in [6.45, 7) is 3.94. The molecule has 0 aliphatic heterocycles. The van der Waals surface area contributed by atoms with Gasteiger partial charge in [0.2, 0.25) is 0 Å². The maximum atomic E-state index is 6.11. The Hall–Kier alpha value is -0.830. The van der Waals surface area contributed by atoms with Crippen molar-refractivity contribution in [3.63, 3.8) is 0 Å². The molecule has 0 amide bonds. The van der Waals surface area contributed by atoms with Crippen molar-refractivity contribution in [3.05, 3.63) is 56.7 Å². The highest BCUT2D eigenvalue weighted by Gasteiger charge is 2.02. The highest BCUT2D eigenvalue weighted by molar-refractivity contribution is 7.10. The van der Waals surface area contributed by atoms with Gasteiger partial charge in [-0.1, -0.05) is 36.7 Å². The molecule has 2 aromatic rings. The van der Waals surface area contributed by atoms with Crippen LogP contribution in [0.1, 0.15) is 22.9 Å². The summed E-state index contributed by atoms with van der Waals surface area (Å²) in [6, 6.07) is 10.2. The average Bonchev–Trinajstić information content (AvgIpc) is 2.79. The standard InChI is InChI=1S/C14H16ClNS/c1-2-11-7-8-17-14(11)10-16-9-12-5-3-4-6-13(12)15/h3-8,16H,2,9-10H2,1H3. The molecule has 0 aliphatic rings. The fourth-order valence-electron chi connectivity index (χ4n) is 1.79. The Labute approximate surface area is 111 Å². The topological polar surface area (TPSA) is 12.0 Å². The molecule has 17 heavy (non-hydrogen) atoms. The number of halogens is 1. The number of aryl methyl sites for hydroxylation is 1. The molecule has 2 rings (SSSR count). The molecule has 0 spiro atoms. The summed E-state index contributed by atoms with van der Waals surface area (Å²) < 4.78 is 0. The zero-order valence-corrected chi connectivity index (χ0v) is 11.4. The molecule has 1 N–H and O–H groups in total. The second-order valence-electron chi connectivity index (χ2n) is 3.92. The van der Waals surface area contributed by atoms with E-state index in [0.29, 0.717) is 0 Å². The number of thiophene rings is 1. The summed E-state index contributed by atoms with van der Waals surface area (Å²) in [5, 5.41) is 6.44. The van der Waals surface area contributed by atoms with Crippen molar-refractivity contribution >= 4 is 22.9 Å². The van der Waals surface area contributed by atoms with Crippen LogP contribution in [0.2, 0.25) is 5.02 Å². The number of rotatable bonds is 5. The zero-order chi connectivity index (χ0) is 12.1. The summed E-state index contributed by atoms with van der Waals surface area (Å²) in [7, 11) is 0. The van der Waals surface area contributed by atoms with Crippen LogP contribution < -0.4 is 5.32 Å². The van der Waals surface area contributed by atoms with Crippen LogP contribution in [0, 0.1) is 0 Å². The first kappa shape index (κ1) is 12.6. The van der Waals surface area contributed by atoms with Crippen molar-refractivity contribution in [2.75, 3.05) is 0 Å². The number of benzene rings is 1. The number of hydrogen-bond donors (Lipinski definition) is 1. The lowest BCUT2D eigenvalue weighted by Gasteiger charge is -2.06. The van der Waals surface area contributed by atoms with E-state index in [9.17, 15) is 0 Å². The maximum absolute atomic E-state index is 6.11. The molecule has 0 bridgehead atoms. The fraction of sp³-hybridized carbons (Fsp3) is 0.286. The van der Waals surface area contributed by atoms with Gasteiger partial charge in [0.05, 0.1) is 0 Å². The smallest absolute Gasteiger partial charge is 0.0450 e. The molecule has 0 atom stereocenters. The summed E-state index contributed by atoms with van der Waals surface area (Å²) in [5.41, 5.74) is 2.60. The molecular formula is C14H16ClNS. The minimum absolute atomic E-state index is 0.820. The van der Waals surface area contributed by atoms with E-state index in [1.54, 1.807) is 0 Å². The van der Waals surface area contributed by atoms with E-state index >= 15 is 0 Å². The van der Waals surface area contributed by atoms with Crippen molar-refractivity contribution in [2.24, 2.45) is 0 Å². The van der Waals surface area contributed by atoms with Gasteiger partial charge >= 0.3 is 0 Å². The predicted octanol–water partition coefficient (Wildman–Crippen LogP) is 4.25. The van der Waals surface area contributed by atoms with Crippen LogP contribution in [-0.4, -0.2) is 0 Å². The molecular weight excluding hydrogens is 250 g/mol. The van der Waals surface area contributed by atoms with Crippen LogP contribution in [0.5, 0.6) is 0 Å². The Morgan fingerprint density at radius 3 is 2.71 bits per heavy atom. The van der Waals surface area contributed by atoms with Gasteiger partial charge in [0, 0.05) is 23.0 Å². The summed E-state index contributed by atoms with van der Waals surface area (Å²) in [6.07, 6.45) is 1.10. The van der Waals surface area contributed by atoms with E-state index in [1.807, 2.05) is 29.5 Å². The monoisotopic (exact) mass is 265 g/mol. The molecule has 1 aromatic carbocycles. The highest BCUT2D eigenvalue weighted by Crippen LogP contribution is 2.18. The molecule has 90 valence electrons. The van der Waals surface area contributed by atoms with E-state index in [2.05, 4.69) is 29.8 Å². The first-order valence-electron chi connectivity index (χ1n) is 5.80. The summed E-state index contributed by atoms with van der Waals surface area (Å²) in [5.74, 6) is 0. The SMILES string of the molecule is CCc1ccsc1CNCc1ccccc1Cl. The molecule has 1 aromatic heterocycles. The van der Waals surface area contributed by atoms with E-state index in [0.717, 1.165) is 30.1 Å². The third kappa shape index (κ3) is 3.32. The molecule has 1 nitrogen and oxygen atoms in total. The lowest BCUT2D eigenvalue weighted by molar-refractivity contribution is 0.697. The average molecular weight is 266 g/mol. The molecule has 0 unspecified atom stereocenters. The van der Waals surface area contributed by atoms with Crippen LogP contribution in [0.15, 0.2) is 35.7 Å². The zero-order valence-electron chi connectivity index (χ0n) is 9.87. The molecule has 0 radical (unpaired) electrons. The molecule has 0 aliphatic carbocycles. The molecule has 0 fully saturated rings. The third-order valence-electron chi connectivity index (χ3n) is 2.78. The van der Waals surface area contributed by atoms with Gasteiger partial charge in [-0.25, -0.2) is 0 Å². The Bertz CT molecular complexity index is 479. The van der Waals surface area contributed by atoms with Gasteiger partial charge in [-0.05, 0) is 35.1 Å². The highest BCUT2D eigenvalue weighted by atomic mass is 35.5. The first-order chi connectivity index (χ1) is 8.31. The van der Waals surface area contributed by atoms with Crippen molar-refractivity contribution < 1.29 is 0 Å². The third-order valence-corrected chi connectivity index (χ3v) is 4.11. The molecule has 0 saturated heterocycles. The molecule has 1 heterocycles. The van der Waals surface area contributed by atoms with Gasteiger partial charge in [0.1, 0.15) is 0 Å². The Morgan fingerprint density at radius 1 is 1.12 bits per heavy atom. The quantitative estimate of drug-likeness (QED) is 0.852. The van der Waals surface area contributed by atoms with Gasteiger partial charge in [-0.15, -0.1) is 11.3 Å². The normalized spacial score (nSPS) is 10.7. The Kier molecular flexibility index (Phi) is 4.60. The van der Waals surface area contributed by atoms with Gasteiger partial charge < -0.3 is 5.32 Å². The predicted molar refractivity (Wildman–Crippen MR) is 75.7 cm³/mol. The second-order valence-corrected chi connectivity index (χ2v) is 5.33. The van der Waals surface area contributed by atoms with Crippen LogP contribution in [0.4, 0.5) is 0 Å². The van der Waals surface area contributed by atoms with Crippen LogP contribution >= 0.6 is 22.9 Å². The maximum Gasteiger partial charge on any atom is 0.0450 e. The summed E-state index contributed by atoms with van der Waals surface area (Å²) in [4.78, 5) is 1.43. The lowest BCUT2D eigenvalue weighted by atomic mass is 10.2. The van der Waals surface area contributed by atoms with Crippen LogP contribution in [0.25, 0.3) is 0 Å². The van der Waals surface area contributed by atoms with Crippen molar-refractivity contribution in [1.82, 2.24) is 5.32 Å². The number of nitrogens with one attached hydrogen (secondary N) is 1. The van der Waals surface area contributed by atoms with Crippen molar-refractivity contribution in [1.29, 1.82) is 0 Å². The fourth-order valence-corrected chi connectivity index (χ4v) is 2.94. The molecule has 3 heteroatoms. The van der Waals surface area contributed by atoms with E-state index in [4.69, 9.17) is 11.6 Å². The minimum atomic E-state index is 0.820. The van der Waals surface area contributed by atoms with E-state index in [-0.39, 0.29) is 0 Å². The summed E-state index contributed by atoms with van der Waals surface area (Å²) >= 11 is 7.92. The Balaban J connectivity index is 1.90. The van der Waals surface area contributed by atoms with Gasteiger partial charge in [-0.3, -0.25) is 0 Å². The lowest BCUT2D eigenvalue weighted by Crippen LogP contribution is -2.12. The molecule has 0 saturated carbocycles. The minimum Gasteiger partial charge on any atom is -0.308 e. The van der Waals surface area contributed by atoms with Crippen molar-refractivity contribution in [2.45, 2.75) is 26.4 Å².